The smallest absolute Gasteiger partial charge is 0.257 e. The van der Waals surface area contributed by atoms with E-state index in [2.05, 4.69) is 5.92 Å². The van der Waals surface area contributed by atoms with Crippen LogP contribution in [0.3, 0.4) is 0 Å². The fraction of sp³-hybridized carbons (Fsp3) is 0.261. The molecule has 8 heteroatoms. The van der Waals surface area contributed by atoms with Crippen molar-refractivity contribution in [2.75, 3.05) is 13.8 Å². The predicted molar refractivity (Wildman–Crippen MR) is 121 cm³/mol. The number of fused-ring (bicyclic) bond motifs is 4. The minimum Gasteiger partial charge on any atom is -0.380 e. The second-order valence-electron chi connectivity index (χ2n) is 7.41. The normalized spacial score (nSPS) is 14.0. The molecule has 3 aromatic rings. The summed E-state index contributed by atoms with van der Waals surface area (Å²) in [6, 6.07) is 7.33. The third-order valence-corrected chi connectivity index (χ3v) is 6.92. The van der Waals surface area contributed by atoms with Gasteiger partial charge in [-0.25, -0.2) is 4.98 Å². The summed E-state index contributed by atoms with van der Waals surface area (Å²) >= 11 is 0. The number of hydrogen-bond donors (Lipinski definition) is 2. The van der Waals surface area contributed by atoms with Crippen molar-refractivity contribution in [3.63, 3.8) is 0 Å². The molecule has 1 aliphatic rings. The van der Waals surface area contributed by atoms with Gasteiger partial charge in [-0.1, -0.05) is 12.0 Å². The van der Waals surface area contributed by atoms with Crippen molar-refractivity contribution in [2.45, 2.75) is 25.4 Å². The summed E-state index contributed by atoms with van der Waals surface area (Å²) in [5, 5.41) is 0.822. The standard InChI is InChI=1S/C23H22N3O4P/c1-4-13-6-5-7-18-21(13)15(9-24)16-10-26-19(22(16)25-18)8-14(20(11-27)31(3)29)17(12-30-2)23(26)28/h1,5-8,11,20,29H,9-10,12,24H2,2-3H3/t20-,31?/m1/s1. The van der Waals surface area contributed by atoms with Gasteiger partial charge in [-0.15, -0.1) is 6.42 Å². The maximum absolute atomic E-state index is 13.4. The molecule has 0 aliphatic carbocycles. The second kappa shape index (κ2) is 8.33. The Labute approximate surface area is 180 Å². The minimum absolute atomic E-state index is 0.0404. The molecule has 0 amide bonds. The first-order chi connectivity index (χ1) is 15.0. The van der Waals surface area contributed by atoms with Crippen LogP contribution in [0, 0.1) is 12.3 Å². The molecule has 0 radical (unpaired) electrons. The Balaban J connectivity index is 2.06. The van der Waals surface area contributed by atoms with E-state index >= 15 is 0 Å². The number of aromatic nitrogens is 2. The van der Waals surface area contributed by atoms with Gasteiger partial charge in [-0.2, -0.15) is 0 Å². The molecule has 3 N–H and O–H groups in total. The quantitative estimate of drug-likeness (QED) is 0.273. The predicted octanol–water partition coefficient (Wildman–Crippen LogP) is 2.27. The SMILES string of the molecule is C#Cc1cccc2nc3c(c(CN)c12)Cn1c-3cc([C@@H](C=O)P(C)O)c(COC)c1=O. The lowest BCUT2D eigenvalue weighted by Crippen LogP contribution is -2.26. The molecular weight excluding hydrogens is 413 g/mol. The first-order valence-corrected chi connectivity index (χ1v) is 11.5. The van der Waals surface area contributed by atoms with E-state index < -0.39 is 13.8 Å². The maximum Gasteiger partial charge on any atom is 0.257 e. The van der Waals surface area contributed by atoms with Gasteiger partial charge >= 0.3 is 0 Å². The number of ether oxygens (including phenoxy) is 1. The number of nitrogens with zero attached hydrogens (tertiary/aromatic N) is 2. The topological polar surface area (TPSA) is 107 Å². The zero-order valence-corrected chi connectivity index (χ0v) is 18.1. The highest BCUT2D eigenvalue weighted by Crippen LogP contribution is 2.45. The molecule has 7 nitrogen and oxygen atoms in total. The third-order valence-electron chi connectivity index (χ3n) is 5.72. The molecule has 0 spiro atoms. The zero-order valence-electron chi connectivity index (χ0n) is 17.3. The number of hydrogen-bond acceptors (Lipinski definition) is 6. The third kappa shape index (κ3) is 3.29. The summed E-state index contributed by atoms with van der Waals surface area (Å²) in [6.07, 6.45) is 6.39. The number of carbonyl (C=O) groups excluding carboxylic acids is 1. The summed E-state index contributed by atoms with van der Waals surface area (Å²) in [4.78, 5) is 40.2. The average molecular weight is 435 g/mol. The molecule has 1 unspecified atom stereocenters. The van der Waals surface area contributed by atoms with Crippen LogP contribution in [0.25, 0.3) is 22.3 Å². The number of benzene rings is 1. The van der Waals surface area contributed by atoms with Crippen LogP contribution in [0.1, 0.15) is 33.5 Å². The molecule has 0 fully saturated rings. The highest BCUT2D eigenvalue weighted by molar-refractivity contribution is 7.52. The molecule has 1 aromatic carbocycles. The van der Waals surface area contributed by atoms with Crippen molar-refractivity contribution in [1.29, 1.82) is 0 Å². The van der Waals surface area contributed by atoms with Gasteiger partial charge in [0.25, 0.3) is 5.56 Å². The minimum atomic E-state index is -1.63. The highest BCUT2D eigenvalue weighted by atomic mass is 31.1. The zero-order chi connectivity index (χ0) is 22.3. The van der Waals surface area contributed by atoms with Crippen molar-refractivity contribution in [1.82, 2.24) is 9.55 Å². The van der Waals surface area contributed by atoms with Gasteiger partial charge in [0.1, 0.15) is 6.29 Å². The Morgan fingerprint density at radius 2 is 2.23 bits per heavy atom. The Bertz CT molecular complexity index is 1310. The van der Waals surface area contributed by atoms with Crippen molar-refractivity contribution in [3.05, 3.63) is 62.4 Å². The number of terminal acetylenes is 1. The van der Waals surface area contributed by atoms with E-state index in [-0.39, 0.29) is 18.7 Å². The molecule has 1 aliphatic heterocycles. The number of rotatable bonds is 6. The lowest BCUT2D eigenvalue weighted by molar-refractivity contribution is -0.107. The molecule has 0 bridgehead atoms. The largest absolute Gasteiger partial charge is 0.380 e. The summed E-state index contributed by atoms with van der Waals surface area (Å²) in [5.41, 5.74) is 10.3. The van der Waals surface area contributed by atoms with E-state index in [0.717, 1.165) is 16.5 Å². The van der Waals surface area contributed by atoms with Gasteiger partial charge in [0.05, 0.1) is 35.7 Å². The number of nitrogens with two attached hydrogens (primary N) is 1. The monoisotopic (exact) mass is 435 g/mol. The van der Waals surface area contributed by atoms with Gasteiger partial charge in [0, 0.05) is 43.9 Å². The molecule has 4 rings (SSSR count). The Morgan fingerprint density at radius 3 is 2.84 bits per heavy atom. The average Bonchev–Trinajstić information content (AvgIpc) is 3.13. The first-order valence-electron chi connectivity index (χ1n) is 9.70. The van der Waals surface area contributed by atoms with Crippen LogP contribution in [-0.4, -0.2) is 34.5 Å². The summed E-state index contributed by atoms with van der Waals surface area (Å²) < 4.78 is 6.86. The Morgan fingerprint density at radius 1 is 1.45 bits per heavy atom. The van der Waals surface area contributed by atoms with Crippen LogP contribution in [-0.2, 0) is 29.2 Å². The fourth-order valence-electron chi connectivity index (χ4n) is 4.30. The van der Waals surface area contributed by atoms with Crippen molar-refractivity contribution >= 4 is 25.3 Å². The maximum atomic E-state index is 13.4. The van der Waals surface area contributed by atoms with Crippen LogP contribution >= 0.6 is 8.15 Å². The van der Waals surface area contributed by atoms with Gasteiger partial charge < -0.3 is 24.7 Å². The molecule has 31 heavy (non-hydrogen) atoms. The van der Waals surface area contributed by atoms with E-state index in [1.807, 2.05) is 18.2 Å². The lowest BCUT2D eigenvalue weighted by atomic mass is 9.97. The summed E-state index contributed by atoms with van der Waals surface area (Å²) in [6.45, 7) is 2.18. The lowest BCUT2D eigenvalue weighted by Gasteiger charge is -2.19. The number of pyridine rings is 2. The van der Waals surface area contributed by atoms with Gasteiger partial charge in [-0.3, -0.25) is 4.79 Å². The van der Waals surface area contributed by atoms with Gasteiger partial charge in [-0.05, 0) is 36.0 Å². The van der Waals surface area contributed by atoms with E-state index in [9.17, 15) is 14.5 Å². The highest BCUT2D eigenvalue weighted by Gasteiger charge is 2.31. The van der Waals surface area contributed by atoms with Gasteiger partial charge in [0.15, 0.2) is 0 Å². The fourth-order valence-corrected chi connectivity index (χ4v) is 5.10. The molecule has 0 saturated heterocycles. The van der Waals surface area contributed by atoms with Crippen LogP contribution in [0.2, 0.25) is 0 Å². The summed E-state index contributed by atoms with van der Waals surface area (Å²) in [7, 11) is -0.144. The van der Waals surface area contributed by atoms with Crippen LogP contribution in [0.4, 0.5) is 0 Å². The molecule has 3 heterocycles. The van der Waals surface area contributed by atoms with Crippen molar-refractivity contribution in [3.8, 4) is 23.7 Å². The van der Waals surface area contributed by atoms with Crippen LogP contribution in [0.15, 0.2) is 29.1 Å². The van der Waals surface area contributed by atoms with E-state index in [1.54, 1.807) is 17.3 Å². The first kappa shape index (κ1) is 21.4. The van der Waals surface area contributed by atoms with E-state index in [4.69, 9.17) is 21.9 Å². The Kier molecular flexibility index (Phi) is 5.74. The number of aldehydes is 1. The molecule has 2 atom stereocenters. The van der Waals surface area contributed by atoms with E-state index in [0.29, 0.717) is 46.4 Å². The van der Waals surface area contributed by atoms with Crippen molar-refractivity contribution in [2.24, 2.45) is 5.73 Å². The van der Waals surface area contributed by atoms with Gasteiger partial charge in [0.2, 0.25) is 0 Å². The molecule has 158 valence electrons. The second-order valence-corrected chi connectivity index (χ2v) is 9.11. The van der Waals surface area contributed by atoms with E-state index in [1.165, 1.54) is 7.11 Å². The van der Waals surface area contributed by atoms with Crippen LogP contribution < -0.4 is 11.3 Å². The molecular formula is C23H22N3O4P. The van der Waals surface area contributed by atoms with Crippen LogP contribution in [0.5, 0.6) is 0 Å². The van der Waals surface area contributed by atoms with Crippen molar-refractivity contribution < 1.29 is 14.4 Å². The summed E-state index contributed by atoms with van der Waals surface area (Å²) in [5.74, 6) is 2.69. The molecule has 2 aromatic heterocycles. The number of carbonyl (C=O) groups is 1. The number of methoxy groups -OCH3 is 1. The Hall–Kier alpha value is -2.88. The molecule has 0 saturated carbocycles.